The minimum atomic E-state index is -0.0926. The van der Waals surface area contributed by atoms with Crippen LogP contribution in [0.4, 0.5) is 5.82 Å². The van der Waals surface area contributed by atoms with E-state index in [2.05, 4.69) is 49.5 Å². The number of ether oxygens (including phenoxy) is 1. The van der Waals surface area contributed by atoms with E-state index in [1.165, 1.54) is 6.33 Å². The number of aromatic nitrogens is 4. The quantitative estimate of drug-likeness (QED) is 0.594. The highest BCUT2D eigenvalue weighted by Crippen LogP contribution is 2.25. The third-order valence-electron chi connectivity index (χ3n) is 2.93. The molecule has 3 rings (SSSR count). The number of rotatable bonds is 1. The van der Waals surface area contributed by atoms with E-state index in [4.69, 9.17) is 10.5 Å². The van der Waals surface area contributed by atoms with Gasteiger partial charge in [-0.15, -0.1) is 0 Å². The summed E-state index contributed by atoms with van der Waals surface area (Å²) in [6.45, 7) is 1.72. The summed E-state index contributed by atoms with van der Waals surface area (Å²) in [5, 5.41) is 0. The number of nitrogen functional groups attached to an aromatic ring is 1. The fourth-order valence-corrected chi connectivity index (χ4v) is 3.09. The first-order valence-corrected chi connectivity index (χ1v) is 6.81. The Morgan fingerprint density at radius 3 is 3.00 bits per heavy atom. The monoisotopic (exact) mass is 360 g/mol. The van der Waals surface area contributed by atoms with Crippen molar-refractivity contribution in [1.29, 1.82) is 0 Å². The van der Waals surface area contributed by atoms with Crippen LogP contribution in [0.5, 0.6) is 0 Å². The molecule has 1 aliphatic rings. The second-order valence-electron chi connectivity index (χ2n) is 4.30. The number of anilines is 1. The Bertz CT molecular complexity index is 562. The molecule has 3 heterocycles. The fourth-order valence-electron chi connectivity index (χ4n) is 2.08. The Balaban J connectivity index is 2.01. The topological polar surface area (TPSA) is 82.1 Å². The van der Waals surface area contributed by atoms with Crippen LogP contribution in [0.25, 0.3) is 11.2 Å². The zero-order valence-electron chi connectivity index (χ0n) is 9.82. The van der Waals surface area contributed by atoms with Gasteiger partial charge in [-0.25, -0.2) is 15.0 Å². The maximum Gasteiger partial charge on any atom is 0.167 e. The number of nitrogens with zero attached hydrogens (tertiary/aromatic N) is 5. The van der Waals surface area contributed by atoms with Crippen molar-refractivity contribution in [2.24, 2.45) is 0 Å². The summed E-state index contributed by atoms with van der Waals surface area (Å²) in [6.07, 6.45) is 3.07. The number of morpholine rings is 1. The first-order chi connectivity index (χ1) is 8.65. The SMILES string of the molecule is CN1CC(I)O[C@@H](n2cnc3c(N)ncnc32)C1. The number of halogens is 1. The van der Waals surface area contributed by atoms with Crippen molar-refractivity contribution < 1.29 is 4.74 Å². The summed E-state index contributed by atoms with van der Waals surface area (Å²) >= 11 is 2.29. The molecule has 2 aromatic heterocycles. The van der Waals surface area contributed by atoms with Crippen LogP contribution in [0.15, 0.2) is 12.7 Å². The van der Waals surface area contributed by atoms with Crippen LogP contribution in [0.1, 0.15) is 6.23 Å². The van der Waals surface area contributed by atoms with E-state index in [9.17, 15) is 0 Å². The van der Waals surface area contributed by atoms with E-state index in [-0.39, 0.29) is 10.3 Å². The molecule has 0 aliphatic carbocycles. The average Bonchev–Trinajstić information content (AvgIpc) is 2.73. The zero-order chi connectivity index (χ0) is 12.7. The lowest BCUT2D eigenvalue weighted by Crippen LogP contribution is -2.41. The third-order valence-corrected chi connectivity index (χ3v) is 3.61. The molecule has 0 saturated carbocycles. The molecule has 2 aromatic rings. The van der Waals surface area contributed by atoms with Crippen LogP contribution in [0.3, 0.4) is 0 Å². The largest absolute Gasteiger partial charge is 0.382 e. The first kappa shape index (κ1) is 12.1. The van der Waals surface area contributed by atoms with Gasteiger partial charge in [0.15, 0.2) is 17.7 Å². The number of nitrogens with two attached hydrogens (primary N) is 1. The van der Waals surface area contributed by atoms with E-state index in [0.29, 0.717) is 17.0 Å². The molecule has 0 amide bonds. The molecule has 18 heavy (non-hydrogen) atoms. The maximum atomic E-state index is 5.92. The second kappa shape index (κ2) is 4.59. The number of alkyl halides is 1. The van der Waals surface area contributed by atoms with Crippen molar-refractivity contribution >= 4 is 39.6 Å². The summed E-state index contributed by atoms with van der Waals surface area (Å²) in [6, 6.07) is 0. The van der Waals surface area contributed by atoms with Crippen LogP contribution >= 0.6 is 22.6 Å². The van der Waals surface area contributed by atoms with E-state index in [0.717, 1.165) is 13.1 Å². The van der Waals surface area contributed by atoms with Crippen molar-refractivity contribution in [3.05, 3.63) is 12.7 Å². The Kier molecular flexibility index (Phi) is 3.08. The summed E-state index contributed by atoms with van der Waals surface area (Å²) in [5.74, 6) is 0.397. The van der Waals surface area contributed by atoms with E-state index >= 15 is 0 Å². The number of hydrogen-bond donors (Lipinski definition) is 1. The molecule has 8 heteroatoms. The van der Waals surface area contributed by atoms with Crippen molar-refractivity contribution in [1.82, 2.24) is 24.4 Å². The van der Waals surface area contributed by atoms with Crippen LogP contribution in [-0.2, 0) is 4.74 Å². The fraction of sp³-hybridized carbons (Fsp3) is 0.500. The van der Waals surface area contributed by atoms with Crippen LogP contribution in [-0.4, -0.2) is 48.7 Å². The molecule has 2 N–H and O–H groups in total. The van der Waals surface area contributed by atoms with Crippen molar-refractivity contribution in [3.8, 4) is 0 Å². The lowest BCUT2D eigenvalue weighted by Gasteiger charge is -2.34. The van der Waals surface area contributed by atoms with E-state index in [1.807, 2.05) is 4.57 Å². The number of fused-ring (bicyclic) bond motifs is 1. The molecule has 96 valence electrons. The molecule has 1 unspecified atom stereocenters. The Morgan fingerprint density at radius 2 is 2.22 bits per heavy atom. The lowest BCUT2D eigenvalue weighted by molar-refractivity contribution is -0.0688. The van der Waals surface area contributed by atoms with Crippen molar-refractivity contribution in [2.75, 3.05) is 25.9 Å². The van der Waals surface area contributed by atoms with Gasteiger partial charge >= 0.3 is 0 Å². The van der Waals surface area contributed by atoms with E-state index < -0.39 is 0 Å². The molecule has 0 radical (unpaired) electrons. The van der Waals surface area contributed by atoms with E-state index in [1.54, 1.807) is 6.33 Å². The van der Waals surface area contributed by atoms with Crippen LogP contribution < -0.4 is 5.73 Å². The standard InChI is InChI=1S/C10H13IN6O/c1-16-2-6(11)18-7(3-16)17-5-15-8-9(12)13-4-14-10(8)17/h4-7H,2-3H2,1H3,(H2,12,13,14)/t6?,7-/m1/s1. The van der Waals surface area contributed by atoms with Gasteiger partial charge in [0.25, 0.3) is 0 Å². The molecule has 0 bridgehead atoms. The number of hydrogen-bond acceptors (Lipinski definition) is 6. The Hall–Kier alpha value is -1.00. The highest BCUT2D eigenvalue weighted by atomic mass is 127. The van der Waals surface area contributed by atoms with Gasteiger partial charge in [0.2, 0.25) is 0 Å². The smallest absolute Gasteiger partial charge is 0.167 e. The summed E-state index contributed by atoms with van der Waals surface area (Å²) in [7, 11) is 2.07. The van der Waals surface area contributed by atoms with Gasteiger partial charge in [0, 0.05) is 13.1 Å². The number of likely N-dealkylation sites (N-methyl/N-ethyl adjacent to an activating group) is 1. The predicted octanol–water partition coefficient (Wildman–Crippen LogP) is 0.630. The highest BCUT2D eigenvalue weighted by molar-refractivity contribution is 14.1. The van der Waals surface area contributed by atoms with Gasteiger partial charge in [-0.1, -0.05) is 0 Å². The summed E-state index contributed by atoms with van der Waals surface area (Å²) in [4.78, 5) is 14.6. The van der Waals surface area contributed by atoms with Crippen LogP contribution in [0, 0.1) is 0 Å². The molecular formula is C10H13IN6O. The van der Waals surface area contributed by atoms with Crippen LogP contribution in [0.2, 0.25) is 0 Å². The minimum Gasteiger partial charge on any atom is -0.382 e. The first-order valence-electron chi connectivity index (χ1n) is 5.56. The van der Waals surface area contributed by atoms with Gasteiger partial charge < -0.3 is 10.5 Å². The molecule has 2 atom stereocenters. The van der Waals surface area contributed by atoms with Gasteiger partial charge in [0.1, 0.15) is 16.0 Å². The van der Waals surface area contributed by atoms with Gasteiger partial charge in [-0.05, 0) is 29.6 Å². The minimum absolute atomic E-state index is 0.0926. The molecular weight excluding hydrogens is 347 g/mol. The second-order valence-corrected chi connectivity index (χ2v) is 5.69. The van der Waals surface area contributed by atoms with Gasteiger partial charge in [0.05, 0.1) is 6.33 Å². The summed E-state index contributed by atoms with van der Waals surface area (Å²) in [5.41, 5.74) is 7.11. The molecule has 0 spiro atoms. The van der Waals surface area contributed by atoms with Gasteiger partial charge in [-0.2, -0.15) is 0 Å². The third kappa shape index (κ3) is 2.04. The molecule has 1 aliphatic heterocycles. The van der Waals surface area contributed by atoms with Crippen molar-refractivity contribution in [3.63, 3.8) is 0 Å². The molecule has 1 fully saturated rings. The maximum absolute atomic E-state index is 5.92. The number of imidazole rings is 1. The summed E-state index contributed by atoms with van der Waals surface area (Å²) < 4.78 is 7.98. The Labute approximate surface area is 117 Å². The normalized spacial score (nSPS) is 25.7. The molecule has 0 aromatic carbocycles. The molecule has 1 saturated heterocycles. The Morgan fingerprint density at radius 1 is 1.39 bits per heavy atom. The lowest BCUT2D eigenvalue weighted by atomic mass is 10.4. The zero-order valence-corrected chi connectivity index (χ0v) is 12.0. The molecule has 7 nitrogen and oxygen atoms in total. The highest BCUT2D eigenvalue weighted by Gasteiger charge is 2.26. The predicted molar refractivity (Wildman–Crippen MR) is 75.2 cm³/mol. The van der Waals surface area contributed by atoms with Crippen molar-refractivity contribution in [2.45, 2.75) is 10.3 Å². The van der Waals surface area contributed by atoms with Gasteiger partial charge in [-0.3, -0.25) is 9.47 Å². The average molecular weight is 360 g/mol.